The van der Waals surface area contributed by atoms with Gasteiger partial charge in [0.15, 0.2) is 0 Å². The number of carbonyl (C=O) groups excluding carboxylic acids is 1. The zero-order chi connectivity index (χ0) is 14.4. The molecule has 0 bridgehead atoms. The highest BCUT2D eigenvalue weighted by Gasteiger charge is 2.09. The number of rotatable bonds is 5. The standard InChI is InChI=1S/C15H14Cl2N2O/c16-12-5-6-13(14(17)9-12)15(20)19-8-2-4-11-3-1-7-18-10-11/h1,3,5-7,9-10H,2,4,8H2,(H,19,20). The van der Waals surface area contributed by atoms with Crippen molar-refractivity contribution in [3.63, 3.8) is 0 Å². The second-order valence-electron chi connectivity index (χ2n) is 4.34. The maximum absolute atomic E-state index is 11.9. The molecule has 20 heavy (non-hydrogen) atoms. The van der Waals surface area contributed by atoms with Gasteiger partial charge in [0.1, 0.15) is 0 Å². The SMILES string of the molecule is O=C(NCCCc1cccnc1)c1ccc(Cl)cc1Cl. The van der Waals surface area contributed by atoms with E-state index < -0.39 is 0 Å². The van der Waals surface area contributed by atoms with Crippen LogP contribution in [-0.4, -0.2) is 17.4 Å². The first-order valence-electron chi connectivity index (χ1n) is 6.29. The highest BCUT2D eigenvalue weighted by molar-refractivity contribution is 6.36. The molecule has 3 nitrogen and oxygen atoms in total. The van der Waals surface area contributed by atoms with Crippen molar-refractivity contribution in [2.75, 3.05) is 6.54 Å². The lowest BCUT2D eigenvalue weighted by atomic mass is 10.1. The summed E-state index contributed by atoms with van der Waals surface area (Å²) < 4.78 is 0. The number of nitrogens with one attached hydrogen (secondary N) is 1. The molecule has 2 aromatic rings. The lowest BCUT2D eigenvalue weighted by molar-refractivity contribution is 0.0953. The largest absolute Gasteiger partial charge is 0.352 e. The summed E-state index contributed by atoms with van der Waals surface area (Å²) in [4.78, 5) is 16.0. The Kier molecular flexibility index (Phi) is 5.39. The monoisotopic (exact) mass is 308 g/mol. The Bertz CT molecular complexity index is 588. The van der Waals surface area contributed by atoms with Crippen LogP contribution < -0.4 is 5.32 Å². The third-order valence-corrected chi connectivity index (χ3v) is 3.37. The van der Waals surface area contributed by atoms with E-state index in [0.29, 0.717) is 22.2 Å². The molecular weight excluding hydrogens is 295 g/mol. The Labute approximate surface area is 127 Å². The molecule has 0 aliphatic heterocycles. The molecule has 0 radical (unpaired) electrons. The molecule has 104 valence electrons. The van der Waals surface area contributed by atoms with E-state index in [9.17, 15) is 4.79 Å². The summed E-state index contributed by atoms with van der Waals surface area (Å²) in [5, 5.41) is 3.72. The number of carbonyl (C=O) groups is 1. The molecule has 0 aliphatic carbocycles. The average Bonchev–Trinajstić information content (AvgIpc) is 2.44. The summed E-state index contributed by atoms with van der Waals surface area (Å²) in [7, 11) is 0. The fourth-order valence-electron chi connectivity index (χ4n) is 1.81. The van der Waals surface area contributed by atoms with Gasteiger partial charge in [-0.15, -0.1) is 0 Å². The van der Waals surface area contributed by atoms with Gasteiger partial charge in [-0.3, -0.25) is 9.78 Å². The molecule has 1 N–H and O–H groups in total. The van der Waals surface area contributed by atoms with Crippen molar-refractivity contribution in [3.05, 3.63) is 63.9 Å². The van der Waals surface area contributed by atoms with Crippen LogP contribution in [0.5, 0.6) is 0 Å². The first-order chi connectivity index (χ1) is 9.66. The molecule has 0 saturated carbocycles. The molecular formula is C15H14Cl2N2O. The van der Waals surface area contributed by atoms with E-state index in [1.165, 1.54) is 0 Å². The van der Waals surface area contributed by atoms with Crippen molar-refractivity contribution in [2.24, 2.45) is 0 Å². The zero-order valence-electron chi connectivity index (χ0n) is 10.8. The fraction of sp³-hybridized carbons (Fsp3) is 0.200. The molecule has 0 unspecified atom stereocenters. The molecule has 2 rings (SSSR count). The molecule has 1 aromatic heterocycles. The van der Waals surface area contributed by atoms with Gasteiger partial charge in [-0.05, 0) is 42.7 Å². The average molecular weight is 309 g/mol. The van der Waals surface area contributed by atoms with Crippen molar-refractivity contribution in [3.8, 4) is 0 Å². The van der Waals surface area contributed by atoms with Crippen molar-refractivity contribution >= 4 is 29.1 Å². The van der Waals surface area contributed by atoms with Gasteiger partial charge in [-0.25, -0.2) is 0 Å². The number of aryl methyl sites for hydroxylation is 1. The van der Waals surface area contributed by atoms with E-state index in [-0.39, 0.29) is 5.91 Å². The Balaban J connectivity index is 1.80. The van der Waals surface area contributed by atoms with E-state index >= 15 is 0 Å². The maximum atomic E-state index is 11.9. The third-order valence-electron chi connectivity index (χ3n) is 2.83. The normalized spacial score (nSPS) is 10.3. The van der Waals surface area contributed by atoms with E-state index in [2.05, 4.69) is 10.3 Å². The minimum absolute atomic E-state index is 0.183. The van der Waals surface area contributed by atoms with Crippen molar-refractivity contribution in [2.45, 2.75) is 12.8 Å². The van der Waals surface area contributed by atoms with Crippen LogP contribution in [0.3, 0.4) is 0 Å². The summed E-state index contributed by atoms with van der Waals surface area (Å²) in [5.74, 6) is -0.183. The van der Waals surface area contributed by atoms with Gasteiger partial charge < -0.3 is 5.32 Å². The second kappa shape index (κ2) is 7.27. The van der Waals surface area contributed by atoms with Crippen LogP contribution in [0.2, 0.25) is 10.0 Å². The summed E-state index contributed by atoms with van der Waals surface area (Å²) in [6.07, 6.45) is 5.30. The first kappa shape index (κ1) is 14.8. The lowest BCUT2D eigenvalue weighted by Crippen LogP contribution is -2.25. The third kappa shape index (κ3) is 4.22. The lowest BCUT2D eigenvalue weighted by Gasteiger charge is -2.07. The van der Waals surface area contributed by atoms with Crippen molar-refractivity contribution < 1.29 is 4.79 Å². The summed E-state index contributed by atoms with van der Waals surface area (Å²) in [5.41, 5.74) is 1.60. The van der Waals surface area contributed by atoms with Crippen LogP contribution in [0.15, 0.2) is 42.7 Å². The van der Waals surface area contributed by atoms with Crippen LogP contribution in [0, 0.1) is 0 Å². The number of hydrogen-bond acceptors (Lipinski definition) is 2. The van der Waals surface area contributed by atoms with Crippen molar-refractivity contribution in [1.82, 2.24) is 10.3 Å². The molecule has 5 heteroatoms. The van der Waals surface area contributed by atoms with Crippen molar-refractivity contribution in [1.29, 1.82) is 0 Å². The number of aromatic nitrogens is 1. The van der Waals surface area contributed by atoms with Gasteiger partial charge in [0.2, 0.25) is 0 Å². The van der Waals surface area contributed by atoms with Crippen LogP contribution in [-0.2, 0) is 6.42 Å². The first-order valence-corrected chi connectivity index (χ1v) is 7.04. The number of pyridine rings is 1. The van der Waals surface area contributed by atoms with Gasteiger partial charge in [0.25, 0.3) is 5.91 Å². The molecule has 1 amide bonds. The van der Waals surface area contributed by atoms with Gasteiger partial charge in [-0.1, -0.05) is 29.3 Å². The smallest absolute Gasteiger partial charge is 0.252 e. The number of benzene rings is 1. The van der Waals surface area contributed by atoms with E-state index in [1.54, 1.807) is 24.4 Å². The maximum Gasteiger partial charge on any atom is 0.252 e. The van der Waals surface area contributed by atoms with Gasteiger partial charge in [0, 0.05) is 24.0 Å². The zero-order valence-corrected chi connectivity index (χ0v) is 12.3. The predicted octanol–water partition coefficient (Wildman–Crippen LogP) is 3.75. The minimum atomic E-state index is -0.183. The van der Waals surface area contributed by atoms with E-state index in [1.807, 2.05) is 18.3 Å². The quantitative estimate of drug-likeness (QED) is 0.855. The summed E-state index contributed by atoms with van der Waals surface area (Å²) in [6.45, 7) is 0.590. The molecule has 0 aliphatic rings. The van der Waals surface area contributed by atoms with Gasteiger partial charge >= 0.3 is 0 Å². The van der Waals surface area contributed by atoms with Crippen LogP contribution in [0.25, 0.3) is 0 Å². The Morgan fingerprint density at radius 3 is 2.80 bits per heavy atom. The highest BCUT2D eigenvalue weighted by Crippen LogP contribution is 2.20. The number of halogens is 2. The Hall–Kier alpha value is -1.58. The molecule has 0 fully saturated rings. The topological polar surface area (TPSA) is 42.0 Å². The molecule has 0 saturated heterocycles. The molecule has 1 aromatic carbocycles. The van der Waals surface area contributed by atoms with Gasteiger partial charge in [0.05, 0.1) is 10.6 Å². The summed E-state index contributed by atoms with van der Waals surface area (Å²) >= 11 is 11.8. The van der Waals surface area contributed by atoms with Crippen LogP contribution in [0.4, 0.5) is 0 Å². The second-order valence-corrected chi connectivity index (χ2v) is 5.19. The van der Waals surface area contributed by atoms with E-state index in [4.69, 9.17) is 23.2 Å². The number of hydrogen-bond donors (Lipinski definition) is 1. The van der Waals surface area contributed by atoms with E-state index in [0.717, 1.165) is 18.4 Å². The van der Waals surface area contributed by atoms with Gasteiger partial charge in [-0.2, -0.15) is 0 Å². The molecule has 1 heterocycles. The minimum Gasteiger partial charge on any atom is -0.352 e. The number of amides is 1. The van der Waals surface area contributed by atoms with Crippen LogP contribution in [0.1, 0.15) is 22.3 Å². The summed E-state index contributed by atoms with van der Waals surface area (Å²) in [6, 6.07) is 8.76. The molecule has 0 spiro atoms. The Morgan fingerprint density at radius 2 is 2.10 bits per heavy atom. The molecule has 0 atom stereocenters. The van der Waals surface area contributed by atoms with Crippen LogP contribution >= 0.6 is 23.2 Å². The predicted molar refractivity (Wildman–Crippen MR) is 81.4 cm³/mol. The fourth-order valence-corrected chi connectivity index (χ4v) is 2.30. The number of nitrogens with zero attached hydrogens (tertiary/aromatic N) is 1. The Morgan fingerprint density at radius 1 is 1.25 bits per heavy atom. The highest BCUT2D eigenvalue weighted by atomic mass is 35.5.